The number of hydrogen-bond acceptors (Lipinski definition) is 9. The Morgan fingerprint density at radius 2 is 1.81 bits per heavy atom. The van der Waals surface area contributed by atoms with Crippen LogP contribution in [0.4, 0.5) is 28.9 Å². The van der Waals surface area contributed by atoms with E-state index in [2.05, 4.69) is 30.6 Å². The molecule has 2 atom stereocenters. The van der Waals surface area contributed by atoms with Crippen molar-refractivity contribution in [2.45, 2.75) is 24.1 Å². The van der Waals surface area contributed by atoms with Crippen molar-refractivity contribution < 1.29 is 37.0 Å². The lowest BCUT2D eigenvalue weighted by Crippen LogP contribution is -2.51. The van der Waals surface area contributed by atoms with Gasteiger partial charge in [0.05, 0.1) is 41.5 Å². The summed E-state index contributed by atoms with van der Waals surface area (Å²) >= 11 is 0. The molecule has 2 amide bonds. The zero-order chi connectivity index (χ0) is 33.6. The highest BCUT2D eigenvalue weighted by Crippen LogP contribution is 2.47. The molecule has 0 saturated heterocycles. The molecule has 47 heavy (non-hydrogen) atoms. The minimum Gasteiger partial charge on any atom is -0.489 e. The number of anilines is 2. The van der Waals surface area contributed by atoms with Crippen molar-refractivity contribution >= 4 is 34.1 Å². The molecule has 3 aromatic heterocycles. The van der Waals surface area contributed by atoms with Crippen molar-refractivity contribution in [3.63, 3.8) is 0 Å². The molecule has 15 heteroatoms. The first kappa shape index (κ1) is 31.3. The molecule has 240 valence electrons. The first-order valence-corrected chi connectivity index (χ1v) is 14.0. The lowest BCUT2D eigenvalue weighted by molar-refractivity contribution is -0.265. The molecule has 5 N–H and O–H groups in total. The summed E-state index contributed by atoms with van der Waals surface area (Å²) in [6.45, 7) is -0.283. The third-order valence-electron chi connectivity index (χ3n) is 7.94. The molecule has 0 bridgehead atoms. The van der Waals surface area contributed by atoms with Crippen LogP contribution in [0, 0.1) is 5.82 Å². The summed E-state index contributed by atoms with van der Waals surface area (Å²) in [5.74, 6) is -2.49. The van der Waals surface area contributed by atoms with Gasteiger partial charge in [-0.1, -0.05) is 6.07 Å². The number of alkyl halides is 3. The number of halogens is 4. The lowest BCUT2D eigenvalue weighted by atomic mass is 9.81. The molecule has 1 unspecified atom stereocenters. The Morgan fingerprint density at radius 3 is 2.49 bits per heavy atom. The van der Waals surface area contributed by atoms with Crippen LogP contribution in [0.3, 0.4) is 0 Å². The number of aliphatic hydroxyl groups is 1. The quantitative estimate of drug-likeness (QED) is 0.180. The highest BCUT2D eigenvalue weighted by atomic mass is 19.4. The first-order valence-electron chi connectivity index (χ1n) is 14.0. The van der Waals surface area contributed by atoms with Crippen molar-refractivity contribution in [1.29, 1.82) is 0 Å². The Morgan fingerprint density at radius 1 is 1.09 bits per heavy atom. The molecule has 0 spiro atoms. The lowest BCUT2D eigenvalue weighted by Gasteiger charge is -2.31. The minimum atomic E-state index is -5.38. The maximum atomic E-state index is 14.8. The van der Waals surface area contributed by atoms with Gasteiger partial charge in [0, 0.05) is 28.3 Å². The molecule has 4 heterocycles. The van der Waals surface area contributed by atoms with E-state index in [1.807, 2.05) is 0 Å². The first-order chi connectivity index (χ1) is 22.3. The fraction of sp³-hybridized carbons (Fsp3) is 0.188. The van der Waals surface area contributed by atoms with E-state index in [4.69, 9.17) is 10.5 Å². The molecule has 5 aromatic rings. The van der Waals surface area contributed by atoms with E-state index in [1.165, 1.54) is 56.1 Å². The number of rotatable bonds is 8. The smallest absolute Gasteiger partial charge is 0.424 e. The van der Waals surface area contributed by atoms with Crippen molar-refractivity contribution in [2.24, 2.45) is 5.73 Å². The molecule has 0 aliphatic carbocycles. The highest BCUT2D eigenvalue weighted by Gasteiger charge is 2.57. The van der Waals surface area contributed by atoms with E-state index < -0.39 is 47.1 Å². The van der Waals surface area contributed by atoms with E-state index in [1.54, 1.807) is 12.1 Å². The molecule has 11 nitrogen and oxygen atoms in total. The SMILES string of the molecule is C[C@]1(C(N)=O)COc2c1cc(C(O)(CNC(=O)c1cc(Nc3cncnc3)c3ncccc3c1)C(F)(F)F)nc2-c1ccc(F)cc1. The molecule has 2 aromatic carbocycles. The van der Waals surface area contributed by atoms with Crippen LogP contribution >= 0.6 is 0 Å². The molecular weight excluding hydrogens is 622 g/mol. The van der Waals surface area contributed by atoms with Crippen molar-refractivity contribution in [3.05, 3.63) is 102 Å². The summed E-state index contributed by atoms with van der Waals surface area (Å²) in [4.78, 5) is 42.2. The Kier molecular flexibility index (Phi) is 7.71. The number of fused-ring (bicyclic) bond motifs is 2. The summed E-state index contributed by atoms with van der Waals surface area (Å²) in [5.41, 5.74) is 0.511. The largest absolute Gasteiger partial charge is 0.489 e. The predicted molar refractivity (Wildman–Crippen MR) is 161 cm³/mol. The monoisotopic (exact) mass is 647 g/mol. The van der Waals surface area contributed by atoms with Gasteiger partial charge in [0.1, 0.15) is 35.6 Å². The fourth-order valence-electron chi connectivity index (χ4n) is 5.19. The van der Waals surface area contributed by atoms with E-state index in [0.717, 1.165) is 18.2 Å². The molecule has 1 aliphatic rings. The standard InChI is InChI=1S/C32H25F4N7O4/c1-30(29(37)45)15-47-27-22(30)11-24(43-26(27)17-4-6-20(33)7-5-17)31(46,32(34,35)36)14-41-28(44)19-9-18-3-2-8-40-25(18)23(10-19)42-21-12-38-16-39-13-21/h2-13,16,42,46H,14-15H2,1H3,(H2,37,45)(H,41,44)/t30-,31?/m0/s1. The number of ether oxygens (including phenoxy) is 1. The third kappa shape index (κ3) is 5.65. The van der Waals surface area contributed by atoms with E-state index >= 15 is 0 Å². The van der Waals surface area contributed by atoms with Gasteiger partial charge in [-0.15, -0.1) is 0 Å². The Balaban J connectivity index is 1.40. The topological polar surface area (TPSA) is 165 Å². The Labute approximate surface area is 263 Å². The number of hydrogen-bond donors (Lipinski definition) is 4. The fourth-order valence-corrected chi connectivity index (χ4v) is 5.19. The van der Waals surface area contributed by atoms with Crippen LogP contribution in [0.25, 0.3) is 22.2 Å². The maximum Gasteiger partial charge on any atom is 0.424 e. The number of carbonyl (C=O) groups excluding carboxylic acids is 2. The van der Waals surface area contributed by atoms with E-state index in [9.17, 15) is 32.3 Å². The van der Waals surface area contributed by atoms with E-state index in [-0.39, 0.29) is 34.7 Å². The zero-order valence-corrected chi connectivity index (χ0v) is 24.5. The number of nitrogens with one attached hydrogen (secondary N) is 2. The zero-order valence-electron chi connectivity index (χ0n) is 24.5. The highest BCUT2D eigenvalue weighted by molar-refractivity contribution is 6.02. The van der Waals surface area contributed by atoms with Gasteiger partial charge in [-0.05, 0) is 55.5 Å². The molecular formula is C32H25F4N7O4. The second-order valence-corrected chi connectivity index (χ2v) is 11.1. The van der Waals surface area contributed by atoms with Crippen LogP contribution in [-0.4, -0.2) is 56.2 Å². The predicted octanol–water partition coefficient (Wildman–Crippen LogP) is 4.28. The van der Waals surface area contributed by atoms with Gasteiger partial charge in [0.2, 0.25) is 11.5 Å². The Bertz CT molecular complexity index is 2010. The molecule has 0 radical (unpaired) electrons. The number of nitrogens with two attached hydrogens (primary N) is 1. The van der Waals surface area contributed by atoms with Gasteiger partial charge in [-0.25, -0.2) is 19.3 Å². The number of aromatic nitrogens is 4. The molecule has 1 aliphatic heterocycles. The normalized spacial score (nSPS) is 17.0. The van der Waals surface area contributed by atoms with Crippen molar-refractivity contribution in [2.75, 3.05) is 18.5 Å². The van der Waals surface area contributed by atoms with Gasteiger partial charge >= 0.3 is 6.18 Å². The van der Waals surface area contributed by atoms with Crippen LogP contribution in [0.2, 0.25) is 0 Å². The number of primary amides is 1. The summed E-state index contributed by atoms with van der Waals surface area (Å²) in [6, 6.07) is 11.7. The molecule has 0 saturated carbocycles. The van der Waals surface area contributed by atoms with Gasteiger partial charge in [0.15, 0.2) is 0 Å². The van der Waals surface area contributed by atoms with Crippen LogP contribution in [0.1, 0.15) is 28.5 Å². The van der Waals surface area contributed by atoms with Gasteiger partial charge in [0.25, 0.3) is 5.91 Å². The van der Waals surface area contributed by atoms with Gasteiger partial charge in [-0.2, -0.15) is 13.2 Å². The number of carbonyl (C=O) groups is 2. The average molecular weight is 648 g/mol. The average Bonchev–Trinajstić information content (AvgIpc) is 3.41. The summed E-state index contributed by atoms with van der Waals surface area (Å²) in [7, 11) is 0. The van der Waals surface area contributed by atoms with E-state index in [0.29, 0.717) is 22.3 Å². The van der Waals surface area contributed by atoms with Crippen LogP contribution in [0.15, 0.2) is 79.5 Å². The molecule has 0 fully saturated rings. The van der Waals surface area contributed by atoms with Crippen LogP contribution < -0.4 is 21.1 Å². The Hall–Kier alpha value is -5.70. The number of nitrogens with zero attached hydrogens (tertiary/aromatic N) is 4. The summed E-state index contributed by atoms with van der Waals surface area (Å²) < 4.78 is 63.8. The van der Waals surface area contributed by atoms with Crippen LogP contribution in [0.5, 0.6) is 5.75 Å². The van der Waals surface area contributed by atoms with Gasteiger partial charge in [-0.3, -0.25) is 14.6 Å². The number of pyridine rings is 2. The number of amides is 2. The van der Waals surface area contributed by atoms with Crippen molar-refractivity contribution in [3.8, 4) is 17.0 Å². The second kappa shape index (κ2) is 11.6. The summed E-state index contributed by atoms with van der Waals surface area (Å²) in [6.07, 6.45) is 0.451. The maximum absolute atomic E-state index is 14.8. The van der Waals surface area contributed by atoms with Crippen molar-refractivity contribution in [1.82, 2.24) is 25.3 Å². The van der Waals surface area contributed by atoms with Gasteiger partial charge < -0.3 is 26.2 Å². The third-order valence-corrected chi connectivity index (χ3v) is 7.94. The minimum absolute atomic E-state index is 0.0381. The number of benzene rings is 2. The van der Waals surface area contributed by atoms with Crippen LogP contribution in [-0.2, 0) is 15.8 Å². The second-order valence-electron chi connectivity index (χ2n) is 11.1. The summed E-state index contributed by atoms with van der Waals surface area (Å²) in [5, 5.41) is 17.1. The molecule has 6 rings (SSSR count).